The molecule has 0 saturated heterocycles. The molecule has 3 rings (SSSR count). The number of rotatable bonds is 4. The van der Waals surface area contributed by atoms with Crippen LogP contribution in [0.1, 0.15) is 37.4 Å². The molecule has 1 aromatic carbocycles. The van der Waals surface area contributed by atoms with Crippen LogP contribution >= 0.6 is 35.0 Å². The number of halogens is 3. The van der Waals surface area contributed by atoms with Crippen LogP contribution in [0, 0.1) is 5.82 Å². The summed E-state index contributed by atoms with van der Waals surface area (Å²) in [6.45, 7) is 2.74. The Bertz CT molecular complexity index is 674. The molecule has 1 atom stereocenters. The molecule has 1 saturated carbocycles. The first kappa shape index (κ1) is 15.4. The van der Waals surface area contributed by atoms with Crippen molar-refractivity contribution < 1.29 is 4.39 Å². The minimum Gasteiger partial charge on any atom is -0.325 e. The lowest BCUT2D eigenvalue weighted by Gasteiger charge is -2.41. The number of fused-ring (bicyclic) bond motifs is 1. The van der Waals surface area contributed by atoms with Gasteiger partial charge >= 0.3 is 0 Å². The first-order valence-corrected chi connectivity index (χ1v) is 9.04. The van der Waals surface area contributed by atoms with E-state index in [0.717, 1.165) is 17.9 Å². The highest BCUT2D eigenvalue weighted by molar-refractivity contribution is 8.00. The van der Waals surface area contributed by atoms with Crippen LogP contribution in [0.25, 0.3) is 11.0 Å². The number of thioether (sulfide) groups is 1. The molecular formula is C15H17Cl2FN2S. The Morgan fingerprint density at radius 2 is 2.19 bits per heavy atom. The molecule has 1 aliphatic carbocycles. The van der Waals surface area contributed by atoms with E-state index in [1.807, 2.05) is 18.7 Å². The zero-order valence-electron chi connectivity index (χ0n) is 12.0. The minimum absolute atomic E-state index is 0.129. The molecule has 1 heterocycles. The second-order valence-corrected chi connectivity index (χ2v) is 8.00. The molecule has 1 aliphatic rings. The van der Waals surface area contributed by atoms with Gasteiger partial charge in [-0.2, -0.15) is 11.8 Å². The van der Waals surface area contributed by atoms with Crippen LogP contribution in [0.3, 0.4) is 0 Å². The van der Waals surface area contributed by atoms with Gasteiger partial charge in [-0.3, -0.25) is 0 Å². The Labute approximate surface area is 138 Å². The SMILES string of the molecule is CSC1(Cn2c(C(C)Cl)nc3cc(F)c(Cl)cc32)CCC1. The van der Waals surface area contributed by atoms with Crippen LogP contribution in [0.5, 0.6) is 0 Å². The molecule has 1 fully saturated rings. The summed E-state index contributed by atoms with van der Waals surface area (Å²) in [5, 5.41) is -0.0949. The van der Waals surface area contributed by atoms with Crippen molar-refractivity contribution in [2.24, 2.45) is 0 Å². The number of hydrogen-bond donors (Lipinski definition) is 0. The summed E-state index contributed by atoms with van der Waals surface area (Å²) in [6.07, 6.45) is 5.79. The second kappa shape index (κ2) is 5.64. The predicted molar refractivity (Wildman–Crippen MR) is 89.1 cm³/mol. The number of hydrogen-bond acceptors (Lipinski definition) is 2. The molecule has 21 heavy (non-hydrogen) atoms. The van der Waals surface area contributed by atoms with E-state index >= 15 is 0 Å². The summed E-state index contributed by atoms with van der Waals surface area (Å²) in [7, 11) is 0. The molecule has 2 nitrogen and oxygen atoms in total. The average Bonchev–Trinajstić information content (AvgIpc) is 2.73. The molecule has 1 unspecified atom stereocenters. The second-order valence-electron chi connectivity index (χ2n) is 5.67. The van der Waals surface area contributed by atoms with Crippen molar-refractivity contribution in [2.45, 2.75) is 42.9 Å². The van der Waals surface area contributed by atoms with Crippen molar-refractivity contribution in [1.29, 1.82) is 0 Å². The van der Waals surface area contributed by atoms with Crippen LogP contribution in [0.4, 0.5) is 4.39 Å². The smallest absolute Gasteiger partial charge is 0.144 e. The molecule has 0 amide bonds. The van der Waals surface area contributed by atoms with Crippen LogP contribution in [0.2, 0.25) is 5.02 Å². The van der Waals surface area contributed by atoms with Gasteiger partial charge in [0.1, 0.15) is 11.6 Å². The van der Waals surface area contributed by atoms with Crippen molar-refractivity contribution in [3.8, 4) is 0 Å². The maximum Gasteiger partial charge on any atom is 0.144 e. The normalized spacial score (nSPS) is 18.7. The summed E-state index contributed by atoms with van der Waals surface area (Å²) >= 11 is 14.1. The van der Waals surface area contributed by atoms with Crippen molar-refractivity contribution in [3.05, 3.63) is 28.8 Å². The summed E-state index contributed by atoms with van der Waals surface area (Å²) in [6, 6.07) is 3.05. The van der Waals surface area contributed by atoms with Crippen LogP contribution in [-0.4, -0.2) is 20.6 Å². The number of benzene rings is 1. The van der Waals surface area contributed by atoms with Gasteiger partial charge < -0.3 is 4.57 Å². The number of nitrogens with zero attached hydrogens (tertiary/aromatic N) is 2. The lowest BCUT2D eigenvalue weighted by molar-refractivity contribution is 0.321. The maximum atomic E-state index is 13.7. The Kier molecular flexibility index (Phi) is 4.15. The van der Waals surface area contributed by atoms with Gasteiger partial charge in [0.2, 0.25) is 0 Å². The van der Waals surface area contributed by atoms with Crippen molar-refractivity contribution >= 4 is 46.0 Å². The maximum absolute atomic E-state index is 13.7. The molecule has 114 valence electrons. The molecule has 2 aromatic rings. The predicted octanol–water partition coefficient (Wildman–Crippen LogP) is 5.41. The molecule has 6 heteroatoms. The van der Waals surface area contributed by atoms with E-state index in [2.05, 4.69) is 15.8 Å². The largest absolute Gasteiger partial charge is 0.325 e. The third kappa shape index (κ3) is 2.66. The van der Waals surface area contributed by atoms with Crippen LogP contribution < -0.4 is 0 Å². The molecule has 0 radical (unpaired) electrons. The fourth-order valence-electron chi connectivity index (χ4n) is 2.89. The molecular weight excluding hydrogens is 330 g/mol. The first-order chi connectivity index (χ1) is 9.96. The topological polar surface area (TPSA) is 17.8 Å². The highest BCUT2D eigenvalue weighted by Gasteiger charge is 2.37. The fourth-order valence-corrected chi connectivity index (χ4v) is 4.17. The summed E-state index contributed by atoms with van der Waals surface area (Å²) < 4.78 is 16.0. The molecule has 0 N–H and O–H groups in total. The molecule has 0 aliphatic heterocycles. The Morgan fingerprint density at radius 3 is 2.71 bits per heavy atom. The molecule has 1 aromatic heterocycles. The average molecular weight is 347 g/mol. The van der Waals surface area contributed by atoms with Crippen molar-refractivity contribution in [2.75, 3.05) is 6.26 Å². The number of aromatic nitrogens is 2. The van der Waals surface area contributed by atoms with Crippen molar-refractivity contribution in [3.63, 3.8) is 0 Å². The van der Waals surface area contributed by atoms with Gasteiger partial charge in [0, 0.05) is 17.4 Å². The number of imidazole rings is 1. The highest BCUT2D eigenvalue weighted by atomic mass is 35.5. The van der Waals surface area contributed by atoms with Crippen molar-refractivity contribution in [1.82, 2.24) is 9.55 Å². The fraction of sp³-hybridized carbons (Fsp3) is 0.533. The van der Waals surface area contributed by atoms with E-state index < -0.39 is 5.82 Å². The van der Waals surface area contributed by atoms with Gasteiger partial charge in [0.15, 0.2) is 0 Å². The van der Waals surface area contributed by atoms with E-state index in [1.54, 1.807) is 6.07 Å². The Morgan fingerprint density at radius 1 is 1.48 bits per heavy atom. The molecule has 0 spiro atoms. The third-order valence-corrected chi connectivity index (χ3v) is 6.21. The Balaban J connectivity index is 2.13. The quantitative estimate of drug-likeness (QED) is 0.688. The van der Waals surface area contributed by atoms with E-state index in [4.69, 9.17) is 23.2 Å². The van der Waals surface area contributed by atoms with Gasteiger partial charge in [-0.1, -0.05) is 18.0 Å². The zero-order chi connectivity index (χ0) is 15.2. The van der Waals surface area contributed by atoms with Gasteiger partial charge in [0.05, 0.1) is 21.4 Å². The first-order valence-electron chi connectivity index (χ1n) is 7.00. The van der Waals surface area contributed by atoms with Gasteiger partial charge in [-0.05, 0) is 32.1 Å². The van der Waals surface area contributed by atoms with Crippen LogP contribution in [0.15, 0.2) is 12.1 Å². The van der Waals surface area contributed by atoms with Crippen LogP contribution in [-0.2, 0) is 6.54 Å². The zero-order valence-corrected chi connectivity index (χ0v) is 14.3. The summed E-state index contributed by atoms with van der Waals surface area (Å²) in [4.78, 5) is 4.51. The minimum atomic E-state index is -0.439. The number of alkyl halides is 1. The van der Waals surface area contributed by atoms with E-state index in [9.17, 15) is 4.39 Å². The molecule has 0 bridgehead atoms. The summed E-state index contributed by atoms with van der Waals surface area (Å²) in [5.41, 5.74) is 1.49. The van der Waals surface area contributed by atoms with Gasteiger partial charge in [-0.15, -0.1) is 11.6 Å². The third-order valence-electron chi connectivity index (χ3n) is 4.32. The Hall–Kier alpha value is -0.450. The van der Waals surface area contributed by atoms with E-state index in [-0.39, 0.29) is 15.1 Å². The monoisotopic (exact) mass is 346 g/mol. The lowest BCUT2D eigenvalue weighted by atomic mass is 9.84. The van der Waals surface area contributed by atoms with E-state index in [0.29, 0.717) is 5.52 Å². The standard InChI is InChI=1S/C15H17Cl2FN2S/c1-9(16)14-19-12-7-11(18)10(17)6-13(12)20(14)8-15(21-2)4-3-5-15/h6-7,9H,3-5,8H2,1-2H3. The van der Waals surface area contributed by atoms with Gasteiger partial charge in [-0.25, -0.2) is 9.37 Å². The highest BCUT2D eigenvalue weighted by Crippen LogP contribution is 2.45. The van der Waals surface area contributed by atoms with Gasteiger partial charge in [0.25, 0.3) is 0 Å². The summed E-state index contributed by atoms with van der Waals surface area (Å²) in [5.74, 6) is 0.347. The lowest BCUT2D eigenvalue weighted by Crippen LogP contribution is -2.38. The van der Waals surface area contributed by atoms with E-state index in [1.165, 1.54) is 25.3 Å².